The van der Waals surface area contributed by atoms with Crippen LogP contribution in [0.15, 0.2) is 24.3 Å². The Hall–Kier alpha value is -1.10. The molecule has 118 valence electrons. The maximum absolute atomic E-state index is 9.49. The van der Waals surface area contributed by atoms with Crippen LogP contribution in [0.25, 0.3) is 0 Å². The number of nitrogens with one attached hydrogen (secondary N) is 1. The van der Waals surface area contributed by atoms with E-state index in [1.165, 1.54) is 5.56 Å². The fourth-order valence-corrected chi connectivity index (χ4v) is 2.79. The Labute approximate surface area is 128 Å². The molecule has 0 saturated carbocycles. The Balaban J connectivity index is 1.66. The predicted octanol–water partition coefficient (Wildman–Crippen LogP) is 2.19. The molecule has 0 amide bonds. The molecule has 4 heteroatoms. The summed E-state index contributed by atoms with van der Waals surface area (Å²) in [5.74, 6) is 0.910. The van der Waals surface area contributed by atoms with Crippen LogP contribution in [0.5, 0.6) is 5.75 Å². The van der Waals surface area contributed by atoms with Crippen molar-refractivity contribution in [3.63, 3.8) is 0 Å². The number of ether oxygens (including phenoxy) is 1. The second kappa shape index (κ2) is 8.37. The van der Waals surface area contributed by atoms with E-state index in [1.807, 2.05) is 12.1 Å². The molecule has 1 aromatic carbocycles. The van der Waals surface area contributed by atoms with Crippen molar-refractivity contribution in [1.29, 1.82) is 0 Å². The van der Waals surface area contributed by atoms with Crippen molar-refractivity contribution in [1.82, 2.24) is 10.2 Å². The maximum Gasteiger partial charge on any atom is 0.119 e. The summed E-state index contributed by atoms with van der Waals surface area (Å²) < 4.78 is 5.26. The number of piperidine rings is 1. The molecular weight excluding hydrogens is 264 g/mol. The molecule has 1 heterocycles. The molecule has 1 aliphatic rings. The molecule has 1 unspecified atom stereocenters. The van der Waals surface area contributed by atoms with Crippen molar-refractivity contribution in [3.8, 4) is 5.75 Å². The number of methoxy groups -OCH3 is 1. The Kier molecular flexibility index (Phi) is 6.49. The van der Waals surface area contributed by atoms with Crippen molar-refractivity contribution >= 4 is 0 Å². The topological polar surface area (TPSA) is 44.7 Å². The van der Waals surface area contributed by atoms with E-state index >= 15 is 0 Å². The lowest BCUT2D eigenvalue weighted by Crippen LogP contribution is -2.37. The maximum atomic E-state index is 9.49. The molecule has 0 aromatic heterocycles. The van der Waals surface area contributed by atoms with Crippen molar-refractivity contribution < 1.29 is 9.84 Å². The highest BCUT2D eigenvalue weighted by atomic mass is 16.5. The van der Waals surface area contributed by atoms with Gasteiger partial charge in [0.2, 0.25) is 0 Å². The van der Waals surface area contributed by atoms with Crippen LogP contribution in [0.1, 0.15) is 37.8 Å². The van der Waals surface area contributed by atoms with Crippen molar-refractivity contribution in [3.05, 3.63) is 29.8 Å². The van der Waals surface area contributed by atoms with E-state index in [0.29, 0.717) is 6.04 Å². The summed E-state index contributed by atoms with van der Waals surface area (Å²) >= 11 is 0. The summed E-state index contributed by atoms with van der Waals surface area (Å²) in [7, 11) is 1.70. The predicted molar refractivity (Wildman–Crippen MR) is 85.7 cm³/mol. The third kappa shape index (κ3) is 5.30. The highest BCUT2D eigenvalue weighted by Gasteiger charge is 2.16. The second-order valence-electron chi connectivity index (χ2n) is 5.88. The van der Waals surface area contributed by atoms with Crippen LogP contribution in [0.3, 0.4) is 0 Å². The summed E-state index contributed by atoms with van der Waals surface area (Å²) in [6.07, 6.45) is 2.92. The molecule has 21 heavy (non-hydrogen) atoms. The van der Waals surface area contributed by atoms with Gasteiger partial charge in [-0.25, -0.2) is 0 Å². The summed E-state index contributed by atoms with van der Waals surface area (Å²) in [5, 5.41) is 13.1. The average molecular weight is 292 g/mol. The molecule has 0 bridgehead atoms. The molecule has 2 rings (SSSR count). The van der Waals surface area contributed by atoms with Gasteiger partial charge < -0.3 is 20.1 Å². The van der Waals surface area contributed by atoms with Gasteiger partial charge in [0.25, 0.3) is 0 Å². The molecule has 4 nitrogen and oxygen atoms in total. The molecule has 1 fully saturated rings. The van der Waals surface area contributed by atoms with Gasteiger partial charge in [-0.05, 0) is 57.0 Å². The lowest BCUT2D eigenvalue weighted by molar-refractivity contribution is 0.0820. The highest BCUT2D eigenvalue weighted by Crippen LogP contribution is 2.18. The van der Waals surface area contributed by atoms with Crippen LogP contribution in [0.4, 0.5) is 0 Å². The number of aliphatic hydroxyl groups excluding tert-OH is 1. The zero-order valence-electron chi connectivity index (χ0n) is 13.2. The second-order valence-corrected chi connectivity index (χ2v) is 5.88. The van der Waals surface area contributed by atoms with E-state index in [4.69, 9.17) is 4.74 Å². The van der Waals surface area contributed by atoms with E-state index < -0.39 is 0 Å². The number of benzene rings is 1. The van der Waals surface area contributed by atoms with E-state index in [-0.39, 0.29) is 6.10 Å². The standard InChI is InChI=1S/C17H28N2O2/c1-14(15-5-3-6-17(13-15)21-2)18-9-4-10-19-11-7-16(20)8-12-19/h3,5-6,13-14,16,18,20H,4,7-12H2,1-2H3. The van der Waals surface area contributed by atoms with Crippen LogP contribution in [-0.4, -0.2) is 49.4 Å². The first-order valence-corrected chi connectivity index (χ1v) is 7.97. The van der Waals surface area contributed by atoms with Crippen LogP contribution >= 0.6 is 0 Å². The van der Waals surface area contributed by atoms with Gasteiger partial charge in [0.05, 0.1) is 13.2 Å². The van der Waals surface area contributed by atoms with Gasteiger partial charge >= 0.3 is 0 Å². The Morgan fingerprint density at radius 2 is 2.14 bits per heavy atom. The zero-order chi connectivity index (χ0) is 15.1. The van der Waals surface area contributed by atoms with Gasteiger partial charge in [0.1, 0.15) is 5.75 Å². The number of hydrogen-bond acceptors (Lipinski definition) is 4. The van der Waals surface area contributed by atoms with Crippen LogP contribution in [0.2, 0.25) is 0 Å². The normalized spacial score (nSPS) is 18.6. The minimum absolute atomic E-state index is 0.0764. The van der Waals surface area contributed by atoms with Gasteiger partial charge in [0.15, 0.2) is 0 Å². The van der Waals surface area contributed by atoms with E-state index in [2.05, 4.69) is 29.3 Å². The van der Waals surface area contributed by atoms with E-state index in [9.17, 15) is 5.11 Å². The lowest BCUT2D eigenvalue weighted by Gasteiger charge is -2.29. The third-order valence-electron chi connectivity index (χ3n) is 4.25. The third-order valence-corrected chi connectivity index (χ3v) is 4.25. The number of hydrogen-bond donors (Lipinski definition) is 2. The monoisotopic (exact) mass is 292 g/mol. The molecule has 2 N–H and O–H groups in total. The summed E-state index contributed by atoms with van der Waals surface area (Å²) in [5.41, 5.74) is 1.26. The summed E-state index contributed by atoms with van der Waals surface area (Å²) in [6.45, 7) is 6.38. The molecular formula is C17H28N2O2. The number of likely N-dealkylation sites (tertiary alicyclic amines) is 1. The molecule has 0 aliphatic carbocycles. The Bertz CT molecular complexity index is 417. The molecule has 1 saturated heterocycles. The van der Waals surface area contributed by atoms with E-state index in [0.717, 1.165) is 51.2 Å². The van der Waals surface area contributed by atoms with Crippen molar-refractivity contribution in [2.75, 3.05) is 33.3 Å². The SMILES string of the molecule is COc1cccc(C(C)NCCCN2CCC(O)CC2)c1. The fraction of sp³-hybridized carbons (Fsp3) is 0.647. The van der Waals surface area contributed by atoms with Crippen molar-refractivity contribution in [2.45, 2.75) is 38.3 Å². The minimum Gasteiger partial charge on any atom is -0.497 e. The number of aliphatic hydroxyl groups is 1. The minimum atomic E-state index is -0.0764. The van der Waals surface area contributed by atoms with Gasteiger partial charge in [-0.2, -0.15) is 0 Å². The first kappa shape index (κ1) is 16.3. The molecule has 1 aliphatic heterocycles. The molecule has 1 aromatic rings. The van der Waals surface area contributed by atoms with Crippen LogP contribution in [-0.2, 0) is 0 Å². The molecule has 0 radical (unpaired) electrons. The van der Waals surface area contributed by atoms with Crippen LogP contribution in [0, 0.1) is 0 Å². The van der Waals surface area contributed by atoms with Crippen LogP contribution < -0.4 is 10.1 Å². The highest BCUT2D eigenvalue weighted by molar-refractivity contribution is 5.30. The summed E-state index contributed by atoms with van der Waals surface area (Å²) in [4.78, 5) is 2.45. The van der Waals surface area contributed by atoms with Gasteiger partial charge in [-0.1, -0.05) is 12.1 Å². The van der Waals surface area contributed by atoms with Gasteiger partial charge in [-0.15, -0.1) is 0 Å². The molecule has 0 spiro atoms. The Morgan fingerprint density at radius 1 is 1.38 bits per heavy atom. The van der Waals surface area contributed by atoms with Crippen molar-refractivity contribution in [2.24, 2.45) is 0 Å². The zero-order valence-corrected chi connectivity index (χ0v) is 13.2. The first-order valence-electron chi connectivity index (χ1n) is 7.97. The smallest absolute Gasteiger partial charge is 0.119 e. The Morgan fingerprint density at radius 3 is 2.86 bits per heavy atom. The lowest BCUT2D eigenvalue weighted by atomic mass is 10.1. The number of rotatable bonds is 7. The quantitative estimate of drug-likeness (QED) is 0.756. The molecule has 1 atom stereocenters. The van der Waals surface area contributed by atoms with E-state index in [1.54, 1.807) is 7.11 Å². The average Bonchev–Trinajstić information content (AvgIpc) is 2.53. The van der Waals surface area contributed by atoms with Gasteiger partial charge in [0, 0.05) is 19.1 Å². The summed E-state index contributed by atoms with van der Waals surface area (Å²) in [6, 6.07) is 8.56. The first-order chi connectivity index (χ1) is 10.2. The largest absolute Gasteiger partial charge is 0.497 e. The fourth-order valence-electron chi connectivity index (χ4n) is 2.79. The number of nitrogens with zero attached hydrogens (tertiary/aromatic N) is 1. The van der Waals surface area contributed by atoms with Gasteiger partial charge in [-0.3, -0.25) is 0 Å².